The van der Waals surface area contributed by atoms with Gasteiger partial charge in [0.25, 0.3) is 0 Å². The van der Waals surface area contributed by atoms with Crippen LogP contribution in [0.15, 0.2) is 40.9 Å². The molecule has 0 spiro atoms. The Balaban J connectivity index is 1.80. The lowest BCUT2D eigenvalue weighted by Crippen LogP contribution is -2.37. The van der Waals surface area contributed by atoms with Crippen molar-refractivity contribution >= 4 is 5.91 Å². The standard InChI is InChI=1S/C16H21N3O2/c1-12(10-17)19-15(20)8-5-9-16-18-11-14(21-16)13-6-3-2-4-7-13/h2-4,6-7,11-12H,5,8-10,17H2,1H3,(H,19,20)/t12-/m0/s1. The quantitative estimate of drug-likeness (QED) is 0.817. The minimum atomic E-state index is 0.0165. The van der Waals surface area contributed by atoms with Gasteiger partial charge in [0.15, 0.2) is 11.7 Å². The van der Waals surface area contributed by atoms with Gasteiger partial charge >= 0.3 is 0 Å². The maximum atomic E-state index is 11.6. The first-order valence-electron chi connectivity index (χ1n) is 7.18. The van der Waals surface area contributed by atoms with E-state index in [1.165, 1.54) is 0 Å². The van der Waals surface area contributed by atoms with E-state index in [1.54, 1.807) is 6.20 Å². The number of oxazole rings is 1. The number of benzene rings is 1. The van der Waals surface area contributed by atoms with E-state index in [0.29, 0.717) is 31.7 Å². The lowest BCUT2D eigenvalue weighted by atomic mass is 10.2. The molecule has 0 saturated heterocycles. The van der Waals surface area contributed by atoms with E-state index in [1.807, 2.05) is 37.3 Å². The summed E-state index contributed by atoms with van der Waals surface area (Å²) in [6, 6.07) is 9.85. The van der Waals surface area contributed by atoms with Crippen molar-refractivity contribution in [3.8, 4) is 11.3 Å². The number of carbonyl (C=O) groups excluding carboxylic acids is 1. The van der Waals surface area contributed by atoms with Crippen LogP contribution in [0.1, 0.15) is 25.7 Å². The summed E-state index contributed by atoms with van der Waals surface area (Å²) in [7, 11) is 0. The molecule has 1 heterocycles. The summed E-state index contributed by atoms with van der Waals surface area (Å²) in [5, 5.41) is 2.83. The molecule has 5 nitrogen and oxygen atoms in total. The number of hydrogen-bond acceptors (Lipinski definition) is 4. The molecule has 1 atom stereocenters. The van der Waals surface area contributed by atoms with Crippen LogP contribution >= 0.6 is 0 Å². The van der Waals surface area contributed by atoms with Crippen molar-refractivity contribution in [3.63, 3.8) is 0 Å². The van der Waals surface area contributed by atoms with Crippen LogP contribution in [0.3, 0.4) is 0 Å². The lowest BCUT2D eigenvalue weighted by molar-refractivity contribution is -0.121. The van der Waals surface area contributed by atoms with Gasteiger partial charge in [0.2, 0.25) is 5.91 Å². The Hall–Kier alpha value is -2.14. The van der Waals surface area contributed by atoms with Crippen LogP contribution < -0.4 is 11.1 Å². The molecule has 0 radical (unpaired) electrons. The maximum Gasteiger partial charge on any atom is 0.220 e. The fourth-order valence-corrected chi connectivity index (χ4v) is 1.97. The second-order valence-corrected chi connectivity index (χ2v) is 5.04. The summed E-state index contributed by atoms with van der Waals surface area (Å²) >= 11 is 0. The average molecular weight is 287 g/mol. The Morgan fingerprint density at radius 3 is 2.86 bits per heavy atom. The smallest absolute Gasteiger partial charge is 0.220 e. The SMILES string of the molecule is C[C@@H](CN)NC(=O)CCCc1ncc(-c2ccccc2)o1. The van der Waals surface area contributed by atoms with Crippen molar-refractivity contribution in [1.82, 2.24) is 10.3 Å². The number of hydrogen-bond donors (Lipinski definition) is 2. The molecule has 5 heteroatoms. The van der Waals surface area contributed by atoms with Gasteiger partial charge in [0, 0.05) is 31.0 Å². The third kappa shape index (κ3) is 4.72. The van der Waals surface area contributed by atoms with E-state index in [4.69, 9.17) is 10.2 Å². The van der Waals surface area contributed by atoms with Crippen LogP contribution in [0.2, 0.25) is 0 Å². The van der Waals surface area contributed by atoms with Gasteiger partial charge in [-0.25, -0.2) is 4.98 Å². The van der Waals surface area contributed by atoms with E-state index in [0.717, 1.165) is 11.3 Å². The molecule has 1 aromatic carbocycles. The molecule has 0 unspecified atom stereocenters. The van der Waals surface area contributed by atoms with Crippen LogP contribution in [0.4, 0.5) is 0 Å². The van der Waals surface area contributed by atoms with Crippen molar-refractivity contribution in [2.45, 2.75) is 32.2 Å². The van der Waals surface area contributed by atoms with Crippen molar-refractivity contribution in [3.05, 3.63) is 42.4 Å². The lowest BCUT2D eigenvalue weighted by Gasteiger charge is -2.10. The van der Waals surface area contributed by atoms with Gasteiger partial charge in [-0.15, -0.1) is 0 Å². The highest BCUT2D eigenvalue weighted by molar-refractivity contribution is 5.76. The van der Waals surface area contributed by atoms with Gasteiger partial charge in [-0.2, -0.15) is 0 Å². The molecule has 0 bridgehead atoms. The number of nitrogens with one attached hydrogen (secondary N) is 1. The predicted molar refractivity (Wildman–Crippen MR) is 81.5 cm³/mol. The van der Waals surface area contributed by atoms with Crippen LogP contribution in [0, 0.1) is 0 Å². The molecule has 0 aliphatic carbocycles. The van der Waals surface area contributed by atoms with Gasteiger partial charge in [-0.1, -0.05) is 30.3 Å². The molecule has 3 N–H and O–H groups in total. The van der Waals surface area contributed by atoms with E-state index in [9.17, 15) is 4.79 Å². The van der Waals surface area contributed by atoms with Gasteiger partial charge in [-0.05, 0) is 13.3 Å². The number of rotatable bonds is 7. The van der Waals surface area contributed by atoms with Gasteiger partial charge in [0.05, 0.1) is 6.20 Å². The first kappa shape index (κ1) is 15.3. The Bertz CT molecular complexity index is 566. The summed E-state index contributed by atoms with van der Waals surface area (Å²) in [4.78, 5) is 15.9. The molecule has 0 aliphatic rings. The fraction of sp³-hybridized carbons (Fsp3) is 0.375. The average Bonchev–Trinajstić information content (AvgIpc) is 2.97. The normalized spacial score (nSPS) is 12.1. The van der Waals surface area contributed by atoms with Crippen molar-refractivity contribution < 1.29 is 9.21 Å². The largest absolute Gasteiger partial charge is 0.441 e. The Morgan fingerprint density at radius 1 is 1.38 bits per heavy atom. The first-order chi connectivity index (χ1) is 10.2. The number of aromatic nitrogens is 1. The van der Waals surface area contributed by atoms with E-state index < -0.39 is 0 Å². The van der Waals surface area contributed by atoms with Crippen molar-refractivity contribution in [1.29, 1.82) is 0 Å². The number of nitrogens with two attached hydrogens (primary N) is 1. The maximum absolute atomic E-state index is 11.6. The monoisotopic (exact) mass is 287 g/mol. The van der Waals surface area contributed by atoms with E-state index in [2.05, 4.69) is 10.3 Å². The summed E-state index contributed by atoms with van der Waals surface area (Å²) in [5.41, 5.74) is 6.46. The highest BCUT2D eigenvalue weighted by Crippen LogP contribution is 2.20. The van der Waals surface area contributed by atoms with Crippen molar-refractivity contribution in [2.24, 2.45) is 5.73 Å². The second-order valence-electron chi connectivity index (χ2n) is 5.04. The van der Waals surface area contributed by atoms with Gasteiger partial charge in [-0.3, -0.25) is 4.79 Å². The molecule has 0 aliphatic heterocycles. The number of aryl methyl sites for hydroxylation is 1. The number of nitrogens with zero attached hydrogens (tertiary/aromatic N) is 1. The van der Waals surface area contributed by atoms with Crippen LogP contribution in [-0.2, 0) is 11.2 Å². The van der Waals surface area contributed by atoms with Crippen LogP contribution in [0.25, 0.3) is 11.3 Å². The third-order valence-electron chi connectivity index (χ3n) is 3.17. The predicted octanol–water partition coefficient (Wildman–Crippen LogP) is 2.13. The molecule has 0 fully saturated rings. The number of amides is 1. The Morgan fingerprint density at radius 2 is 2.14 bits per heavy atom. The topological polar surface area (TPSA) is 81.1 Å². The molecule has 0 saturated carbocycles. The Kier molecular flexibility index (Phi) is 5.51. The van der Waals surface area contributed by atoms with Gasteiger partial charge < -0.3 is 15.5 Å². The second kappa shape index (κ2) is 7.59. The molecular formula is C16H21N3O2. The first-order valence-corrected chi connectivity index (χ1v) is 7.18. The zero-order valence-corrected chi connectivity index (χ0v) is 12.2. The molecule has 112 valence electrons. The summed E-state index contributed by atoms with van der Waals surface area (Å²) in [5.74, 6) is 1.43. The summed E-state index contributed by atoms with van der Waals surface area (Å²) in [6.07, 6.45) is 3.53. The molecule has 1 aromatic heterocycles. The highest BCUT2D eigenvalue weighted by Gasteiger charge is 2.08. The minimum Gasteiger partial charge on any atom is -0.441 e. The zero-order valence-electron chi connectivity index (χ0n) is 12.2. The fourth-order valence-electron chi connectivity index (χ4n) is 1.97. The van der Waals surface area contributed by atoms with E-state index in [-0.39, 0.29) is 11.9 Å². The molecule has 1 amide bonds. The number of carbonyl (C=O) groups is 1. The van der Waals surface area contributed by atoms with Crippen LogP contribution in [0.5, 0.6) is 0 Å². The zero-order chi connectivity index (χ0) is 15.1. The summed E-state index contributed by atoms with van der Waals surface area (Å²) < 4.78 is 5.69. The highest BCUT2D eigenvalue weighted by atomic mass is 16.4. The van der Waals surface area contributed by atoms with Crippen LogP contribution in [-0.4, -0.2) is 23.5 Å². The molecule has 2 aromatic rings. The molecule has 21 heavy (non-hydrogen) atoms. The molecular weight excluding hydrogens is 266 g/mol. The van der Waals surface area contributed by atoms with Gasteiger partial charge in [0.1, 0.15) is 0 Å². The molecule has 2 rings (SSSR count). The van der Waals surface area contributed by atoms with E-state index >= 15 is 0 Å². The Labute approximate surface area is 124 Å². The summed E-state index contributed by atoms with van der Waals surface area (Å²) in [6.45, 7) is 2.34. The van der Waals surface area contributed by atoms with Crippen molar-refractivity contribution in [2.75, 3.05) is 6.54 Å². The third-order valence-corrected chi connectivity index (χ3v) is 3.17. The minimum absolute atomic E-state index is 0.0165.